The number of hydrogen-bond acceptors (Lipinski definition) is 5. The van der Waals surface area contributed by atoms with Gasteiger partial charge in [0.1, 0.15) is 5.75 Å². The molecule has 6 nitrogen and oxygen atoms in total. The average Bonchev–Trinajstić information content (AvgIpc) is 3.40. The van der Waals surface area contributed by atoms with Gasteiger partial charge in [0.2, 0.25) is 0 Å². The molecule has 7 heteroatoms. The van der Waals surface area contributed by atoms with Crippen molar-refractivity contribution in [1.82, 2.24) is 9.47 Å². The van der Waals surface area contributed by atoms with Crippen molar-refractivity contribution in [3.8, 4) is 11.4 Å². The van der Waals surface area contributed by atoms with Crippen LogP contribution in [0.15, 0.2) is 82.8 Å². The zero-order chi connectivity index (χ0) is 22.3. The lowest BCUT2D eigenvalue weighted by molar-refractivity contribution is -0.122. The largest absolute Gasteiger partial charge is 0.497 e. The van der Waals surface area contributed by atoms with Crippen LogP contribution in [0.4, 0.5) is 5.69 Å². The Labute approximate surface area is 192 Å². The molecule has 32 heavy (non-hydrogen) atoms. The van der Waals surface area contributed by atoms with Crippen LogP contribution in [0.1, 0.15) is 12.1 Å². The first-order chi connectivity index (χ1) is 15.7. The number of methoxy groups -OCH3 is 2. The molecule has 2 aromatic carbocycles. The number of carbonyl (C=O) groups is 1. The summed E-state index contributed by atoms with van der Waals surface area (Å²) in [6.45, 7) is 1.15. The van der Waals surface area contributed by atoms with E-state index in [1.807, 2.05) is 83.6 Å². The fraction of sp³-hybridized carbons (Fsp3) is 0.200. The van der Waals surface area contributed by atoms with Crippen LogP contribution in [-0.2, 0) is 9.53 Å². The molecule has 0 saturated carbocycles. The van der Waals surface area contributed by atoms with Gasteiger partial charge in [0, 0.05) is 37.8 Å². The van der Waals surface area contributed by atoms with Gasteiger partial charge in [-0.25, -0.2) is 4.99 Å². The Hall–Kier alpha value is -3.29. The maximum atomic E-state index is 13.2. The van der Waals surface area contributed by atoms with Crippen LogP contribution in [0.25, 0.3) is 11.8 Å². The number of amides is 1. The van der Waals surface area contributed by atoms with Crippen molar-refractivity contribution in [2.45, 2.75) is 6.42 Å². The number of para-hydroxylation sites is 1. The monoisotopic (exact) mass is 447 g/mol. The quantitative estimate of drug-likeness (QED) is 0.355. The summed E-state index contributed by atoms with van der Waals surface area (Å²) in [6, 6.07) is 21.5. The molecule has 0 spiro atoms. The number of nitrogens with zero attached hydrogens (tertiary/aromatic N) is 3. The summed E-state index contributed by atoms with van der Waals surface area (Å²) in [5.74, 6) is 0.763. The molecule has 1 aliphatic rings. The highest BCUT2D eigenvalue weighted by molar-refractivity contribution is 8.18. The molecule has 0 radical (unpaired) electrons. The Morgan fingerprint density at radius 3 is 2.50 bits per heavy atom. The maximum Gasteiger partial charge on any atom is 0.266 e. The number of aliphatic imine (C=N–C) groups is 1. The van der Waals surface area contributed by atoms with Gasteiger partial charge in [-0.05, 0) is 72.8 Å². The van der Waals surface area contributed by atoms with Crippen molar-refractivity contribution < 1.29 is 14.3 Å². The molecule has 1 aliphatic heterocycles. The second kappa shape index (κ2) is 10.3. The minimum absolute atomic E-state index is 0.0386. The number of aromatic nitrogens is 1. The van der Waals surface area contributed by atoms with Crippen LogP contribution >= 0.6 is 11.8 Å². The van der Waals surface area contributed by atoms with Gasteiger partial charge >= 0.3 is 0 Å². The Bertz CT molecular complexity index is 1120. The summed E-state index contributed by atoms with van der Waals surface area (Å²) < 4.78 is 12.5. The number of hydrogen-bond donors (Lipinski definition) is 0. The van der Waals surface area contributed by atoms with Crippen molar-refractivity contribution in [1.29, 1.82) is 0 Å². The molecular formula is C25H25N3O3S. The lowest BCUT2D eigenvalue weighted by atomic mass is 10.2. The number of amidine groups is 1. The molecule has 0 N–H and O–H groups in total. The number of benzene rings is 2. The summed E-state index contributed by atoms with van der Waals surface area (Å²) >= 11 is 1.40. The van der Waals surface area contributed by atoms with Gasteiger partial charge in [-0.1, -0.05) is 18.2 Å². The van der Waals surface area contributed by atoms with Crippen LogP contribution in [0, 0.1) is 0 Å². The molecule has 0 atom stereocenters. The Kier molecular flexibility index (Phi) is 7.09. The topological polar surface area (TPSA) is 56.1 Å². The van der Waals surface area contributed by atoms with Gasteiger partial charge in [-0.2, -0.15) is 0 Å². The maximum absolute atomic E-state index is 13.2. The van der Waals surface area contributed by atoms with Crippen molar-refractivity contribution in [2.24, 2.45) is 4.99 Å². The third-order valence-corrected chi connectivity index (χ3v) is 6.02. The summed E-state index contributed by atoms with van der Waals surface area (Å²) in [5.41, 5.74) is 2.74. The summed E-state index contributed by atoms with van der Waals surface area (Å²) in [6.07, 6.45) is 4.65. The van der Waals surface area contributed by atoms with E-state index in [4.69, 9.17) is 14.5 Å². The smallest absolute Gasteiger partial charge is 0.266 e. The van der Waals surface area contributed by atoms with E-state index in [2.05, 4.69) is 0 Å². The van der Waals surface area contributed by atoms with E-state index in [1.54, 1.807) is 19.1 Å². The number of thioether (sulfide) groups is 1. The molecule has 0 aliphatic carbocycles. The lowest BCUT2D eigenvalue weighted by Crippen LogP contribution is -2.30. The second-order valence-electron chi connectivity index (χ2n) is 7.14. The minimum Gasteiger partial charge on any atom is -0.497 e. The van der Waals surface area contributed by atoms with E-state index in [-0.39, 0.29) is 5.91 Å². The first kappa shape index (κ1) is 21.9. The molecule has 1 fully saturated rings. The van der Waals surface area contributed by atoms with Gasteiger partial charge in [-0.3, -0.25) is 9.69 Å². The Balaban J connectivity index is 1.64. The van der Waals surface area contributed by atoms with Crippen molar-refractivity contribution >= 4 is 34.6 Å². The summed E-state index contributed by atoms with van der Waals surface area (Å²) in [7, 11) is 3.31. The number of ether oxygens (including phenoxy) is 2. The lowest BCUT2D eigenvalue weighted by Gasteiger charge is -2.15. The van der Waals surface area contributed by atoms with E-state index in [0.717, 1.165) is 29.2 Å². The molecule has 1 amide bonds. The second-order valence-corrected chi connectivity index (χ2v) is 8.15. The highest BCUT2D eigenvalue weighted by Crippen LogP contribution is 2.34. The van der Waals surface area contributed by atoms with Crippen LogP contribution < -0.4 is 4.74 Å². The molecule has 0 unspecified atom stereocenters. The molecule has 4 rings (SSSR count). The van der Waals surface area contributed by atoms with Crippen LogP contribution in [-0.4, -0.2) is 47.9 Å². The standard InChI is InChI=1S/C25H25N3O3S/c1-30-17-7-16-28-24(29)23(32-25(28)26-19-8-4-3-5-9-19)18-21-10-6-15-27(21)20-11-13-22(31-2)14-12-20/h3-6,8-15,18H,7,16-17H2,1-2H3/b23-18-,26-25?. The van der Waals surface area contributed by atoms with E-state index in [9.17, 15) is 4.79 Å². The van der Waals surface area contributed by atoms with Gasteiger partial charge < -0.3 is 14.0 Å². The average molecular weight is 448 g/mol. The fourth-order valence-corrected chi connectivity index (χ4v) is 4.40. The molecule has 1 saturated heterocycles. The molecule has 1 aromatic heterocycles. The van der Waals surface area contributed by atoms with Gasteiger partial charge in [0.15, 0.2) is 5.17 Å². The first-order valence-electron chi connectivity index (χ1n) is 10.4. The molecular weight excluding hydrogens is 422 g/mol. The van der Waals surface area contributed by atoms with Crippen molar-refractivity contribution in [3.63, 3.8) is 0 Å². The first-order valence-corrected chi connectivity index (χ1v) is 11.2. The predicted molar refractivity (Wildman–Crippen MR) is 130 cm³/mol. The predicted octanol–water partition coefficient (Wildman–Crippen LogP) is 5.13. The highest BCUT2D eigenvalue weighted by atomic mass is 32.2. The van der Waals surface area contributed by atoms with Crippen molar-refractivity contribution in [3.05, 3.63) is 83.5 Å². The molecule has 2 heterocycles. The zero-order valence-electron chi connectivity index (χ0n) is 18.1. The zero-order valence-corrected chi connectivity index (χ0v) is 18.9. The van der Waals surface area contributed by atoms with E-state index < -0.39 is 0 Å². The number of carbonyl (C=O) groups excluding carboxylic acids is 1. The summed E-state index contributed by atoms with van der Waals surface area (Å²) in [5, 5.41) is 0.686. The van der Waals surface area contributed by atoms with Gasteiger partial charge in [-0.15, -0.1) is 0 Å². The minimum atomic E-state index is -0.0386. The number of rotatable bonds is 8. The SMILES string of the molecule is COCCCN1C(=O)/C(=C/c2cccn2-c2ccc(OC)cc2)SC1=Nc1ccccc1. The fourth-order valence-electron chi connectivity index (χ4n) is 3.39. The van der Waals surface area contributed by atoms with E-state index in [0.29, 0.717) is 23.2 Å². The Morgan fingerprint density at radius 2 is 1.78 bits per heavy atom. The molecule has 164 valence electrons. The molecule has 3 aromatic rings. The van der Waals surface area contributed by atoms with E-state index in [1.165, 1.54) is 11.8 Å². The summed E-state index contributed by atoms with van der Waals surface area (Å²) in [4.78, 5) is 20.4. The van der Waals surface area contributed by atoms with Gasteiger partial charge in [0.05, 0.1) is 17.7 Å². The highest BCUT2D eigenvalue weighted by Gasteiger charge is 2.33. The van der Waals surface area contributed by atoms with Crippen LogP contribution in [0.2, 0.25) is 0 Å². The third kappa shape index (κ3) is 4.95. The van der Waals surface area contributed by atoms with E-state index >= 15 is 0 Å². The third-order valence-electron chi connectivity index (χ3n) is 5.01. The normalized spacial score (nSPS) is 16.3. The van der Waals surface area contributed by atoms with Crippen LogP contribution in [0.5, 0.6) is 5.75 Å². The Morgan fingerprint density at radius 1 is 1.00 bits per heavy atom. The van der Waals surface area contributed by atoms with Gasteiger partial charge in [0.25, 0.3) is 5.91 Å². The van der Waals surface area contributed by atoms with Crippen molar-refractivity contribution in [2.75, 3.05) is 27.4 Å². The van der Waals surface area contributed by atoms with Crippen LogP contribution in [0.3, 0.4) is 0 Å². The molecule has 0 bridgehead atoms.